The fraction of sp³-hybridized carbons (Fsp3) is 0.375. The predicted octanol–water partition coefficient (Wildman–Crippen LogP) is 2.98. The van der Waals surface area contributed by atoms with Crippen LogP contribution >= 0.6 is 0 Å². The molecule has 3 aromatic rings. The molecule has 2 aliphatic heterocycles. The first kappa shape index (κ1) is 21.2. The van der Waals surface area contributed by atoms with Crippen molar-refractivity contribution in [1.82, 2.24) is 24.8 Å². The lowest BCUT2D eigenvalue weighted by Crippen LogP contribution is -2.35. The summed E-state index contributed by atoms with van der Waals surface area (Å²) in [6.45, 7) is 6.13. The largest absolute Gasteiger partial charge is 0.379 e. The van der Waals surface area contributed by atoms with Crippen LogP contribution in [0.3, 0.4) is 0 Å². The number of hydrogen-bond donors (Lipinski definition) is 1. The number of ether oxygens (including phenoxy) is 1. The Morgan fingerprint density at radius 1 is 1.00 bits per heavy atom. The van der Waals surface area contributed by atoms with Crippen LogP contribution in [-0.4, -0.2) is 64.2 Å². The fourth-order valence-corrected chi connectivity index (χ4v) is 4.15. The van der Waals surface area contributed by atoms with Gasteiger partial charge in [-0.15, -0.1) is 0 Å². The first-order valence-corrected chi connectivity index (χ1v) is 11.3. The summed E-state index contributed by atoms with van der Waals surface area (Å²) in [5.41, 5.74) is 3.91. The van der Waals surface area contributed by atoms with Gasteiger partial charge in [0, 0.05) is 50.7 Å². The molecule has 2 aliphatic rings. The molecule has 2 fully saturated rings. The second kappa shape index (κ2) is 9.90. The van der Waals surface area contributed by atoms with Crippen molar-refractivity contribution in [3.63, 3.8) is 0 Å². The topological polar surface area (TPSA) is 103 Å². The lowest BCUT2D eigenvalue weighted by Gasteiger charge is -2.26. The zero-order valence-electron chi connectivity index (χ0n) is 18.4. The molecular formula is C24H26N8O. The van der Waals surface area contributed by atoms with E-state index in [1.807, 2.05) is 24.3 Å². The number of nitriles is 1. The lowest BCUT2D eigenvalue weighted by atomic mass is 10.1. The van der Waals surface area contributed by atoms with Gasteiger partial charge in [0.25, 0.3) is 0 Å². The van der Waals surface area contributed by atoms with Crippen LogP contribution in [0, 0.1) is 11.3 Å². The molecule has 9 heteroatoms. The number of nitrogens with one attached hydrogen (secondary N) is 1. The maximum absolute atomic E-state index is 9.65. The Balaban J connectivity index is 1.29. The Morgan fingerprint density at radius 3 is 2.61 bits per heavy atom. The summed E-state index contributed by atoms with van der Waals surface area (Å²) >= 11 is 0. The van der Waals surface area contributed by atoms with Crippen molar-refractivity contribution in [2.45, 2.75) is 19.4 Å². The average Bonchev–Trinajstić information content (AvgIpc) is 3.41. The first-order chi connectivity index (χ1) is 16.3. The highest BCUT2D eigenvalue weighted by atomic mass is 16.5. The van der Waals surface area contributed by atoms with Crippen molar-refractivity contribution < 1.29 is 4.74 Å². The highest BCUT2D eigenvalue weighted by molar-refractivity contribution is 5.67. The van der Waals surface area contributed by atoms with Gasteiger partial charge in [0.05, 0.1) is 42.0 Å². The minimum Gasteiger partial charge on any atom is -0.379 e. The van der Waals surface area contributed by atoms with Crippen LogP contribution in [0.4, 0.5) is 17.5 Å². The Labute approximate surface area is 193 Å². The molecule has 0 unspecified atom stereocenters. The number of hydrogen-bond acceptors (Lipinski definition) is 9. The van der Waals surface area contributed by atoms with Crippen LogP contribution in [0.2, 0.25) is 0 Å². The maximum Gasteiger partial charge on any atom is 0.227 e. The number of pyridine rings is 2. The summed E-state index contributed by atoms with van der Waals surface area (Å²) in [6.07, 6.45) is 7.55. The van der Waals surface area contributed by atoms with Crippen LogP contribution in [-0.2, 0) is 11.3 Å². The molecule has 0 saturated carbocycles. The molecule has 5 heterocycles. The van der Waals surface area contributed by atoms with Crippen LogP contribution in [0.1, 0.15) is 24.1 Å². The van der Waals surface area contributed by atoms with Crippen molar-refractivity contribution in [3.8, 4) is 17.3 Å². The first-order valence-electron chi connectivity index (χ1n) is 11.3. The van der Waals surface area contributed by atoms with E-state index >= 15 is 0 Å². The summed E-state index contributed by atoms with van der Waals surface area (Å²) < 4.78 is 5.40. The lowest BCUT2D eigenvalue weighted by molar-refractivity contribution is 0.0336. The van der Waals surface area contributed by atoms with Crippen LogP contribution in [0.25, 0.3) is 11.3 Å². The smallest absolute Gasteiger partial charge is 0.227 e. The minimum atomic E-state index is 0.470. The molecule has 0 aromatic carbocycles. The molecule has 0 amide bonds. The summed E-state index contributed by atoms with van der Waals surface area (Å²) in [6, 6.07) is 9.97. The van der Waals surface area contributed by atoms with E-state index in [2.05, 4.69) is 41.1 Å². The zero-order chi connectivity index (χ0) is 22.5. The number of rotatable bonds is 6. The van der Waals surface area contributed by atoms with Gasteiger partial charge in [-0.3, -0.25) is 9.88 Å². The zero-order valence-corrected chi connectivity index (χ0v) is 18.4. The molecule has 33 heavy (non-hydrogen) atoms. The van der Waals surface area contributed by atoms with Crippen LogP contribution in [0.5, 0.6) is 0 Å². The highest BCUT2D eigenvalue weighted by Crippen LogP contribution is 2.26. The SMILES string of the molecule is N#Cc1cc(-c2ccnc(Nc3ccc(CN4CCOCC4)nc3)n2)cnc1N1CCCC1. The number of nitrogens with zero attached hydrogens (tertiary/aromatic N) is 7. The molecule has 0 atom stereocenters. The van der Waals surface area contributed by atoms with Crippen molar-refractivity contribution in [2.75, 3.05) is 49.6 Å². The third-order valence-electron chi connectivity index (χ3n) is 5.91. The minimum absolute atomic E-state index is 0.470. The van der Waals surface area contributed by atoms with Gasteiger partial charge < -0.3 is 15.0 Å². The van der Waals surface area contributed by atoms with E-state index in [1.165, 1.54) is 0 Å². The molecule has 5 rings (SSSR count). The normalized spacial score (nSPS) is 16.5. The molecule has 1 N–H and O–H groups in total. The molecule has 2 saturated heterocycles. The monoisotopic (exact) mass is 442 g/mol. The fourth-order valence-electron chi connectivity index (χ4n) is 4.15. The van der Waals surface area contributed by atoms with E-state index < -0.39 is 0 Å². The molecule has 168 valence electrons. The Kier molecular flexibility index (Phi) is 6.37. The Hall–Kier alpha value is -3.61. The van der Waals surface area contributed by atoms with Crippen molar-refractivity contribution in [1.29, 1.82) is 5.26 Å². The molecule has 9 nitrogen and oxygen atoms in total. The quantitative estimate of drug-likeness (QED) is 0.617. The van der Waals surface area contributed by atoms with E-state index in [0.29, 0.717) is 17.2 Å². The van der Waals surface area contributed by atoms with Gasteiger partial charge in [-0.05, 0) is 37.1 Å². The van der Waals surface area contributed by atoms with E-state index in [1.54, 1.807) is 18.6 Å². The van der Waals surface area contributed by atoms with E-state index in [9.17, 15) is 5.26 Å². The second-order valence-corrected chi connectivity index (χ2v) is 8.22. The second-order valence-electron chi connectivity index (χ2n) is 8.22. The van der Waals surface area contributed by atoms with E-state index in [4.69, 9.17) is 4.74 Å². The molecule has 0 bridgehead atoms. The molecule has 3 aromatic heterocycles. The Bertz CT molecular complexity index is 1130. The highest BCUT2D eigenvalue weighted by Gasteiger charge is 2.18. The van der Waals surface area contributed by atoms with Crippen LogP contribution in [0.15, 0.2) is 42.9 Å². The average molecular weight is 443 g/mol. The summed E-state index contributed by atoms with van der Waals surface area (Å²) in [5, 5.41) is 12.9. The molecular weight excluding hydrogens is 416 g/mol. The Morgan fingerprint density at radius 2 is 1.85 bits per heavy atom. The van der Waals surface area contributed by atoms with Gasteiger partial charge in [-0.1, -0.05) is 0 Å². The van der Waals surface area contributed by atoms with Gasteiger partial charge in [-0.2, -0.15) is 5.26 Å². The summed E-state index contributed by atoms with van der Waals surface area (Å²) in [7, 11) is 0. The van der Waals surface area contributed by atoms with Crippen LogP contribution < -0.4 is 10.2 Å². The van der Waals surface area contributed by atoms with Gasteiger partial charge in [0.15, 0.2) is 0 Å². The van der Waals surface area contributed by atoms with E-state index in [0.717, 1.165) is 81.5 Å². The number of morpholine rings is 1. The molecule has 0 spiro atoms. The molecule has 0 aliphatic carbocycles. The van der Waals surface area contributed by atoms with Gasteiger partial charge >= 0.3 is 0 Å². The summed E-state index contributed by atoms with van der Waals surface area (Å²) in [4.78, 5) is 22.6. The number of anilines is 3. The maximum atomic E-state index is 9.65. The van der Waals surface area contributed by atoms with Gasteiger partial charge in [0.2, 0.25) is 5.95 Å². The summed E-state index contributed by atoms with van der Waals surface area (Å²) in [5.74, 6) is 1.23. The number of aromatic nitrogens is 4. The molecule has 0 radical (unpaired) electrons. The third-order valence-corrected chi connectivity index (χ3v) is 5.91. The standard InChI is InChI=1S/C24H26N8O/c25-14-18-13-19(15-28-23(18)32-7-1-2-8-32)22-5-6-26-24(30-22)29-20-3-4-21(27-16-20)17-31-9-11-33-12-10-31/h3-6,13,15-16H,1-2,7-12,17H2,(H,26,29,30). The third kappa shape index (κ3) is 5.08. The van der Waals surface area contributed by atoms with E-state index in [-0.39, 0.29) is 0 Å². The van der Waals surface area contributed by atoms with Crippen molar-refractivity contribution in [2.24, 2.45) is 0 Å². The van der Waals surface area contributed by atoms with Gasteiger partial charge in [0.1, 0.15) is 11.9 Å². The van der Waals surface area contributed by atoms with Crippen molar-refractivity contribution in [3.05, 3.63) is 54.1 Å². The van der Waals surface area contributed by atoms with Crippen molar-refractivity contribution >= 4 is 17.5 Å². The predicted molar refractivity (Wildman–Crippen MR) is 125 cm³/mol. The van der Waals surface area contributed by atoms with Gasteiger partial charge in [-0.25, -0.2) is 15.0 Å².